The highest BCUT2D eigenvalue weighted by Gasteiger charge is 2.31. The van der Waals surface area contributed by atoms with Crippen molar-refractivity contribution in [3.05, 3.63) is 11.6 Å². The second-order valence-corrected chi connectivity index (χ2v) is 6.71. The number of aromatic nitrogens is 3. The zero-order chi connectivity index (χ0) is 16.2. The van der Waals surface area contributed by atoms with Crippen LogP contribution in [0.25, 0.3) is 0 Å². The van der Waals surface area contributed by atoms with Crippen LogP contribution in [-0.2, 0) is 13.6 Å². The molecule has 1 unspecified atom stereocenters. The molecule has 0 amide bonds. The summed E-state index contributed by atoms with van der Waals surface area (Å²) in [5, 5.41) is 11.7. The first kappa shape index (κ1) is 16.8. The maximum atomic E-state index is 4.46. The van der Waals surface area contributed by atoms with Crippen molar-refractivity contribution in [1.82, 2.24) is 25.0 Å². The molecule has 2 rings (SSSR count). The van der Waals surface area contributed by atoms with E-state index in [9.17, 15) is 0 Å². The van der Waals surface area contributed by atoms with E-state index in [1.807, 2.05) is 25.6 Å². The van der Waals surface area contributed by atoms with Crippen LogP contribution in [0.15, 0.2) is 4.99 Å². The summed E-state index contributed by atoms with van der Waals surface area (Å²) in [5.74, 6) is 2.84. The SMILES string of the molecule is CCCC1(C)CCCN(C(=NC)NCc2nnc(C)n2C)C1. The van der Waals surface area contributed by atoms with Crippen molar-refractivity contribution in [2.24, 2.45) is 17.5 Å². The highest BCUT2D eigenvalue weighted by Crippen LogP contribution is 2.33. The smallest absolute Gasteiger partial charge is 0.194 e. The quantitative estimate of drug-likeness (QED) is 0.683. The Labute approximate surface area is 134 Å². The summed E-state index contributed by atoms with van der Waals surface area (Å²) in [6.45, 7) is 9.46. The van der Waals surface area contributed by atoms with Gasteiger partial charge in [0.05, 0.1) is 6.54 Å². The lowest BCUT2D eigenvalue weighted by Gasteiger charge is -2.42. The van der Waals surface area contributed by atoms with Crippen LogP contribution in [0.2, 0.25) is 0 Å². The standard InChI is InChI=1S/C16H30N6/c1-6-8-16(3)9-7-10-22(12-16)15(17-4)18-11-14-20-19-13(2)21(14)5/h6-12H2,1-5H3,(H,17,18). The maximum absolute atomic E-state index is 4.46. The molecule has 1 atom stereocenters. The van der Waals surface area contributed by atoms with Crippen molar-refractivity contribution in [1.29, 1.82) is 0 Å². The first-order valence-electron chi connectivity index (χ1n) is 8.29. The predicted molar refractivity (Wildman–Crippen MR) is 89.8 cm³/mol. The van der Waals surface area contributed by atoms with Gasteiger partial charge in [-0.2, -0.15) is 0 Å². The van der Waals surface area contributed by atoms with E-state index in [-0.39, 0.29) is 0 Å². The fourth-order valence-electron chi connectivity index (χ4n) is 3.40. The van der Waals surface area contributed by atoms with Crippen LogP contribution in [-0.4, -0.2) is 45.8 Å². The minimum Gasteiger partial charge on any atom is -0.349 e. The summed E-state index contributed by atoms with van der Waals surface area (Å²) in [7, 11) is 3.85. The van der Waals surface area contributed by atoms with Crippen molar-refractivity contribution >= 4 is 5.96 Å². The molecule has 1 fully saturated rings. The van der Waals surface area contributed by atoms with E-state index in [0.29, 0.717) is 12.0 Å². The monoisotopic (exact) mass is 306 g/mol. The van der Waals surface area contributed by atoms with Crippen LogP contribution in [0, 0.1) is 12.3 Å². The van der Waals surface area contributed by atoms with E-state index >= 15 is 0 Å². The molecule has 22 heavy (non-hydrogen) atoms. The lowest BCUT2D eigenvalue weighted by Crippen LogP contribution is -2.49. The molecule has 6 heteroatoms. The summed E-state index contributed by atoms with van der Waals surface area (Å²) < 4.78 is 2.01. The second kappa shape index (κ2) is 7.11. The first-order chi connectivity index (χ1) is 10.5. The number of likely N-dealkylation sites (tertiary alicyclic amines) is 1. The van der Waals surface area contributed by atoms with E-state index in [2.05, 4.69) is 39.3 Å². The second-order valence-electron chi connectivity index (χ2n) is 6.71. The average Bonchev–Trinajstić information content (AvgIpc) is 2.80. The third-order valence-corrected chi connectivity index (χ3v) is 4.73. The zero-order valence-corrected chi connectivity index (χ0v) is 14.7. The molecule has 1 aromatic heterocycles. The van der Waals surface area contributed by atoms with Gasteiger partial charge in [0.15, 0.2) is 11.8 Å². The molecule has 124 valence electrons. The highest BCUT2D eigenvalue weighted by molar-refractivity contribution is 5.79. The molecule has 1 saturated heterocycles. The Bertz CT molecular complexity index is 517. The molecule has 6 nitrogen and oxygen atoms in total. The molecule has 1 aliphatic heterocycles. The van der Waals surface area contributed by atoms with E-state index < -0.39 is 0 Å². The summed E-state index contributed by atoms with van der Waals surface area (Å²) in [6, 6.07) is 0. The van der Waals surface area contributed by atoms with Gasteiger partial charge in [0, 0.05) is 27.2 Å². The van der Waals surface area contributed by atoms with Crippen LogP contribution in [0.3, 0.4) is 0 Å². The molecule has 0 bridgehead atoms. The van der Waals surface area contributed by atoms with E-state index in [0.717, 1.165) is 30.7 Å². The molecule has 0 radical (unpaired) electrons. The van der Waals surface area contributed by atoms with Crippen LogP contribution >= 0.6 is 0 Å². The van der Waals surface area contributed by atoms with Gasteiger partial charge < -0.3 is 14.8 Å². The molecular weight excluding hydrogens is 276 g/mol. The Morgan fingerprint density at radius 2 is 2.18 bits per heavy atom. The number of piperidine rings is 1. The van der Waals surface area contributed by atoms with E-state index in [1.54, 1.807) is 0 Å². The number of nitrogens with zero attached hydrogens (tertiary/aromatic N) is 5. The molecule has 0 saturated carbocycles. The Morgan fingerprint density at radius 3 is 2.77 bits per heavy atom. The van der Waals surface area contributed by atoms with Gasteiger partial charge in [0.2, 0.25) is 0 Å². The number of hydrogen-bond acceptors (Lipinski definition) is 3. The van der Waals surface area contributed by atoms with Crippen molar-refractivity contribution in [2.45, 2.75) is 53.0 Å². The third kappa shape index (κ3) is 3.78. The topological polar surface area (TPSA) is 58.3 Å². The number of hydrogen-bond donors (Lipinski definition) is 1. The molecule has 0 aromatic carbocycles. The summed E-state index contributed by atoms with van der Waals surface area (Å²) >= 11 is 0. The van der Waals surface area contributed by atoms with Crippen LogP contribution in [0.1, 0.15) is 51.2 Å². The molecule has 1 aliphatic rings. The number of rotatable bonds is 4. The minimum atomic E-state index is 0.409. The number of nitrogens with one attached hydrogen (secondary N) is 1. The van der Waals surface area contributed by atoms with E-state index in [1.165, 1.54) is 25.7 Å². The van der Waals surface area contributed by atoms with Gasteiger partial charge in [0.1, 0.15) is 5.82 Å². The van der Waals surface area contributed by atoms with Crippen molar-refractivity contribution < 1.29 is 0 Å². The molecule has 2 heterocycles. The Kier molecular flexibility index (Phi) is 5.42. The minimum absolute atomic E-state index is 0.409. The van der Waals surface area contributed by atoms with Gasteiger partial charge in [0.25, 0.3) is 0 Å². The van der Waals surface area contributed by atoms with Crippen molar-refractivity contribution in [3.8, 4) is 0 Å². The van der Waals surface area contributed by atoms with Crippen molar-refractivity contribution in [3.63, 3.8) is 0 Å². The summed E-state index contributed by atoms with van der Waals surface area (Å²) in [4.78, 5) is 6.85. The Morgan fingerprint density at radius 1 is 1.41 bits per heavy atom. The molecule has 0 spiro atoms. The Balaban J connectivity index is 1.98. The summed E-state index contributed by atoms with van der Waals surface area (Å²) in [5.41, 5.74) is 0.409. The lowest BCUT2D eigenvalue weighted by molar-refractivity contribution is 0.142. The Hall–Kier alpha value is -1.59. The van der Waals surface area contributed by atoms with Gasteiger partial charge in [-0.15, -0.1) is 10.2 Å². The van der Waals surface area contributed by atoms with Gasteiger partial charge >= 0.3 is 0 Å². The predicted octanol–water partition coefficient (Wildman–Crippen LogP) is 2.10. The number of guanidine groups is 1. The number of aliphatic imine (C=N–C) groups is 1. The fraction of sp³-hybridized carbons (Fsp3) is 0.812. The van der Waals surface area contributed by atoms with Gasteiger partial charge in [-0.3, -0.25) is 4.99 Å². The van der Waals surface area contributed by atoms with Crippen LogP contribution in [0.4, 0.5) is 0 Å². The average molecular weight is 306 g/mol. The van der Waals surface area contributed by atoms with Gasteiger partial charge in [-0.25, -0.2) is 0 Å². The normalized spacial score (nSPS) is 23.0. The van der Waals surface area contributed by atoms with E-state index in [4.69, 9.17) is 0 Å². The van der Waals surface area contributed by atoms with Gasteiger partial charge in [-0.1, -0.05) is 20.3 Å². The zero-order valence-electron chi connectivity index (χ0n) is 14.7. The fourth-order valence-corrected chi connectivity index (χ4v) is 3.40. The highest BCUT2D eigenvalue weighted by atomic mass is 15.3. The van der Waals surface area contributed by atoms with Crippen LogP contribution in [0.5, 0.6) is 0 Å². The maximum Gasteiger partial charge on any atom is 0.194 e. The first-order valence-corrected chi connectivity index (χ1v) is 8.29. The van der Waals surface area contributed by atoms with Crippen LogP contribution < -0.4 is 5.32 Å². The molecule has 1 N–H and O–H groups in total. The lowest BCUT2D eigenvalue weighted by atomic mass is 9.78. The van der Waals surface area contributed by atoms with Gasteiger partial charge in [-0.05, 0) is 31.6 Å². The van der Waals surface area contributed by atoms with Crippen molar-refractivity contribution in [2.75, 3.05) is 20.1 Å². The number of aryl methyl sites for hydroxylation is 1. The third-order valence-electron chi connectivity index (χ3n) is 4.73. The summed E-state index contributed by atoms with van der Waals surface area (Å²) in [6.07, 6.45) is 5.08. The molecule has 1 aromatic rings. The molecule has 0 aliphatic carbocycles. The molecular formula is C16H30N6. The largest absolute Gasteiger partial charge is 0.349 e.